The number of rotatable bonds is 6. The van der Waals surface area contributed by atoms with Gasteiger partial charge in [-0.2, -0.15) is 0 Å². The Balaban J connectivity index is 1.44. The third kappa shape index (κ3) is 4.83. The van der Waals surface area contributed by atoms with Crippen molar-refractivity contribution in [3.8, 4) is 0 Å². The van der Waals surface area contributed by atoms with Crippen molar-refractivity contribution in [1.82, 2.24) is 30.6 Å². The van der Waals surface area contributed by atoms with Crippen LogP contribution in [0.5, 0.6) is 0 Å². The number of amides is 2. The van der Waals surface area contributed by atoms with Crippen molar-refractivity contribution in [2.45, 2.75) is 12.8 Å². The van der Waals surface area contributed by atoms with Crippen LogP contribution in [0.25, 0.3) is 0 Å². The molecule has 9 nitrogen and oxygen atoms in total. The van der Waals surface area contributed by atoms with Crippen LogP contribution in [0.15, 0.2) is 21.1 Å². The highest BCUT2D eigenvalue weighted by Crippen LogP contribution is 2.29. The molecule has 0 aromatic carbocycles. The molecule has 1 aliphatic rings. The summed E-state index contributed by atoms with van der Waals surface area (Å²) in [6.07, 6.45) is 1.28. The molecule has 32 heavy (non-hydrogen) atoms. The van der Waals surface area contributed by atoms with Gasteiger partial charge in [0.25, 0.3) is 11.8 Å². The number of nitrogen functional groups attached to an aromatic ring is 1. The predicted molar refractivity (Wildman–Crippen MR) is 130 cm³/mol. The Morgan fingerprint density at radius 2 is 1.47 bits per heavy atom. The molecule has 4 radical (unpaired) electrons. The topological polar surface area (TPSA) is 144 Å². The number of carbonyl (C=O) groups excluding carboxylic acids is 2. The van der Waals surface area contributed by atoms with Crippen LogP contribution in [0, 0.1) is 11.8 Å². The van der Waals surface area contributed by atoms with Gasteiger partial charge < -0.3 is 31.3 Å². The molecule has 2 amide bonds. The maximum Gasteiger partial charge on any atom is 0.267 e. The molecule has 162 valence electrons. The number of hydrogen-bond acceptors (Lipinski definition) is 4. The molecule has 2 unspecified atom stereocenters. The van der Waals surface area contributed by atoms with Gasteiger partial charge in [0.15, 0.2) is 5.95 Å². The number of fused-ring (bicyclic) bond motifs is 1. The lowest BCUT2D eigenvalue weighted by Gasteiger charge is -2.31. The molecule has 0 saturated carbocycles. The van der Waals surface area contributed by atoms with Gasteiger partial charge in [0.2, 0.25) is 0 Å². The van der Waals surface area contributed by atoms with Gasteiger partial charge in [-0.25, -0.2) is 4.98 Å². The molecule has 7 N–H and O–H groups in total. The highest BCUT2D eigenvalue weighted by atomic mass is 79.9. The lowest BCUT2D eigenvalue weighted by molar-refractivity contribution is 0.0911. The summed E-state index contributed by atoms with van der Waals surface area (Å²) < 4.78 is 1.27. The van der Waals surface area contributed by atoms with E-state index in [0.717, 1.165) is 11.4 Å². The summed E-state index contributed by atoms with van der Waals surface area (Å²) in [5.41, 5.74) is 9.20. The molecule has 1 aliphatic carbocycles. The summed E-state index contributed by atoms with van der Waals surface area (Å²) in [7, 11) is 11.5. The van der Waals surface area contributed by atoms with E-state index in [-0.39, 0.29) is 23.7 Å². The van der Waals surface area contributed by atoms with Gasteiger partial charge in [-0.1, -0.05) is 0 Å². The van der Waals surface area contributed by atoms with Gasteiger partial charge in [0.05, 0.1) is 5.69 Å². The van der Waals surface area contributed by atoms with Crippen LogP contribution in [0.2, 0.25) is 0 Å². The summed E-state index contributed by atoms with van der Waals surface area (Å²) in [6.45, 7) is 0.818. The number of anilines is 1. The van der Waals surface area contributed by atoms with E-state index in [9.17, 15) is 9.59 Å². The molecule has 3 heterocycles. The van der Waals surface area contributed by atoms with Gasteiger partial charge in [-0.15, -0.1) is 0 Å². The monoisotopic (exact) mass is 557 g/mol. The number of aromatic nitrogens is 4. The normalized spacial score (nSPS) is 17.7. The van der Waals surface area contributed by atoms with E-state index in [4.69, 9.17) is 21.4 Å². The highest BCUT2D eigenvalue weighted by Gasteiger charge is 2.31. The zero-order valence-corrected chi connectivity index (χ0v) is 20.1. The Kier molecular flexibility index (Phi) is 6.57. The van der Waals surface area contributed by atoms with E-state index < -0.39 is 0 Å². The standard InChI is InChI=1S/C19H19B2Br2N7O2/c20-15-9(22)3-13(27-15)17(31)25-5-7-1-11-12(30-19(24)29-11)2-8(7)6-26-18(32)14-4-10(23)16(21)28-14/h3-4,7-8,27-28H,1-2,5-6H2,(H,25,31)(H,26,32)(H3,24,29,30). The number of carbonyl (C=O) groups is 2. The molecule has 0 aliphatic heterocycles. The fourth-order valence-corrected chi connectivity index (χ4v) is 4.56. The second-order valence-corrected chi connectivity index (χ2v) is 9.49. The quantitative estimate of drug-likeness (QED) is 0.236. The molecule has 0 bridgehead atoms. The largest absolute Gasteiger partial charge is 0.369 e. The molecule has 2 atom stereocenters. The smallest absolute Gasteiger partial charge is 0.267 e. The first-order valence-electron chi connectivity index (χ1n) is 9.88. The third-order valence-corrected chi connectivity index (χ3v) is 6.92. The number of nitrogens with one attached hydrogen (secondary N) is 5. The van der Waals surface area contributed by atoms with Gasteiger partial charge in [0, 0.05) is 27.7 Å². The Bertz CT molecular complexity index is 1050. The molecular formula is C19H19B2Br2N7O2. The van der Waals surface area contributed by atoms with E-state index in [1.807, 2.05) is 0 Å². The number of nitrogens with zero attached hydrogens (tertiary/aromatic N) is 1. The second kappa shape index (κ2) is 9.22. The van der Waals surface area contributed by atoms with Gasteiger partial charge >= 0.3 is 0 Å². The molecule has 3 aromatic rings. The van der Waals surface area contributed by atoms with Crippen molar-refractivity contribution in [3.63, 3.8) is 0 Å². The van der Waals surface area contributed by atoms with Crippen molar-refractivity contribution in [3.05, 3.63) is 43.9 Å². The zero-order valence-electron chi connectivity index (χ0n) is 16.9. The van der Waals surface area contributed by atoms with E-state index >= 15 is 0 Å². The van der Waals surface area contributed by atoms with Gasteiger partial charge in [0.1, 0.15) is 27.1 Å². The first kappa shape index (κ1) is 22.8. The lowest BCUT2D eigenvalue weighted by Crippen LogP contribution is -2.42. The van der Waals surface area contributed by atoms with Crippen LogP contribution in [-0.4, -0.2) is 60.5 Å². The molecular weight excluding hydrogens is 540 g/mol. The van der Waals surface area contributed by atoms with Crippen LogP contribution in [0.4, 0.5) is 5.95 Å². The predicted octanol–water partition coefficient (Wildman–Crippen LogP) is -0.0483. The van der Waals surface area contributed by atoms with E-state index in [2.05, 4.69) is 62.4 Å². The van der Waals surface area contributed by atoms with Crippen molar-refractivity contribution in [2.75, 3.05) is 18.8 Å². The number of nitrogens with two attached hydrogens (primary N) is 1. The van der Waals surface area contributed by atoms with E-state index in [0.29, 0.717) is 63.4 Å². The minimum atomic E-state index is -0.260. The first-order valence-corrected chi connectivity index (χ1v) is 11.5. The molecule has 3 aromatic heterocycles. The first-order chi connectivity index (χ1) is 15.2. The summed E-state index contributed by atoms with van der Waals surface area (Å²) >= 11 is 6.58. The Hall–Kier alpha value is -2.40. The van der Waals surface area contributed by atoms with Crippen LogP contribution < -0.4 is 27.6 Å². The highest BCUT2D eigenvalue weighted by molar-refractivity contribution is 9.11. The van der Waals surface area contributed by atoms with Gasteiger partial charge in [-0.05, 0) is 79.9 Å². The maximum atomic E-state index is 12.5. The Morgan fingerprint density at radius 1 is 0.969 bits per heavy atom. The number of hydrogen-bond donors (Lipinski definition) is 6. The van der Waals surface area contributed by atoms with E-state index in [1.54, 1.807) is 12.1 Å². The van der Waals surface area contributed by atoms with Crippen molar-refractivity contribution in [2.24, 2.45) is 11.8 Å². The second-order valence-electron chi connectivity index (χ2n) is 7.78. The third-order valence-electron chi connectivity index (χ3n) is 5.61. The van der Waals surface area contributed by atoms with Crippen molar-refractivity contribution in [1.29, 1.82) is 0 Å². The van der Waals surface area contributed by atoms with Crippen LogP contribution in [0.3, 0.4) is 0 Å². The molecule has 0 fully saturated rings. The van der Waals surface area contributed by atoms with Crippen molar-refractivity contribution >= 4 is 76.5 Å². The number of halogens is 2. The maximum absolute atomic E-state index is 12.5. The zero-order chi connectivity index (χ0) is 23.0. The van der Waals surface area contributed by atoms with Gasteiger partial charge in [-0.3, -0.25) is 9.59 Å². The number of H-pyrrole nitrogens is 3. The molecule has 13 heteroatoms. The van der Waals surface area contributed by atoms with E-state index in [1.165, 1.54) is 0 Å². The average Bonchev–Trinajstić information content (AvgIpc) is 3.39. The number of imidazole rings is 1. The van der Waals surface area contributed by atoms with Crippen LogP contribution in [-0.2, 0) is 12.8 Å². The SMILES string of the molecule is [B]c1[nH]c(C(=O)NCC2Cc3nc(N)[nH]c3CC2CNC(=O)c2cc(Br)c([B])[nH]2)cc1Br. The summed E-state index contributed by atoms with van der Waals surface area (Å²) in [5, 5.41) is 5.90. The summed E-state index contributed by atoms with van der Waals surface area (Å²) in [4.78, 5) is 38.2. The molecule has 0 saturated heterocycles. The summed E-state index contributed by atoms with van der Waals surface area (Å²) in [6, 6.07) is 3.27. The van der Waals surface area contributed by atoms with Crippen molar-refractivity contribution < 1.29 is 9.59 Å². The number of aromatic amines is 3. The lowest BCUT2D eigenvalue weighted by atomic mass is 9.79. The molecule has 0 spiro atoms. The average molecular weight is 559 g/mol. The minimum Gasteiger partial charge on any atom is -0.369 e. The fraction of sp³-hybridized carbons (Fsp3) is 0.316. The van der Waals surface area contributed by atoms with Crippen LogP contribution >= 0.6 is 31.9 Å². The van der Waals surface area contributed by atoms with Crippen LogP contribution in [0.1, 0.15) is 32.4 Å². The Labute approximate surface area is 203 Å². The molecule has 4 rings (SSSR count). The summed E-state index contributed by atoms with van der Waals surface area (Å²) in [5.74, 6) is -0.0506. The minimum absolute atomic E-state index is 0.0469. The fourth-order valence-electron chi connectivity index (χ4n) is 3.90. The Morgan fingerprint density at radius 3 is 1.94 bits per heavy atom.